The van der Waals surface area contributed by atoms with Gasteiger partial charge in [0.25, 0.3) is 0 Å². The van der Waals surface area contributed by atoms with Crippen LogP contribution in [0.4, 0.5) is 5.82 Å². The predicted molar refractivity (Wildman–Crippen MR) is 81.0 cm³/mol. The van der Waals surface area contributed by atoms with E-state index in [2.05, 4.69) is 15.1 Å². The molecule has 2 heterocycles. The Hall–Kier alpha value is -2.69. The van der Waals surface area contributed by atoms with Crippen molar-refractivity contribution in [3.63, 3.8) is 0 Å². The molecular formula is C16H15N5. The fraction of sp³-hybridized carbons (Fsp3) is 0.188. The summed E-state index contributed by atoms with van der Waals surface area (Å²) in [6, 6.07) is 9.97. The number of para-hydroxylation sites is 1. The third kappa shape index (κ3) is 2.07. The highest BCUT2D eigenvalue weighted by Crippen LogP contribution is 2.27. The molecule has 21 heavy (non-hydrogen) atoms. The van der Waals surface area contributed by atoms with Gasteiger partial charge in [0.05, 0.1) is 17.4 Å². The lowest BCUT2D eigenvalue weighted by molar-refractivity contribution is 0.880. The highest BCUT2D eigenvalue weighted by molar-refractivity contribution is 5.58. The zero-order chi connectivity index (χ0) is 14.2. The number of aromatic nitrogens is 4. The maximum absolute atomic E-state index is 6.05. The van der Waals surface area contributed by atoms with Crippen LogP contribution in [0.15, 0.2) is 42.7 Å². The molecule has 0 fully saturated rings. The molecule has 3 aromatic rings. The third-order valence-corrected chi connectivity index (χ3v) is 3.83. The molecule has 0 atom stereocenters. The summed E-state index contributed by atoms with van der Waals surface area (Å²) in [6.45, 7) is 0. The average Bonchev–Trinajstić information content (AvgIpc) is 3.17. The molecule has 4 rings (SSSR count). The summed E-state index contributed by atoms with van der Waals surface area (Å²) in [5, 5.41) is 4.38. The van der Waals surface area contributed by atoms with Gasteiger partial charge in [0.1, 0.15) is 5.82 Å². The maximum Gasteiger partial charge on any atom is 0.164 e. The van der Waals surface area contributed by atoms with Crippen molar-refractivity contribution in [2.24, 2.45) is 0 Å². The van der Waals surface area contributed by atoms with Crippen LogP contribution in [0, 0.1) is 0 Å². The SMILES string of the molecule is Nc1nc(-c2cnn(-c3ccccc3)c2)nc2c1CCC2. The second kappa shape index (κ2) is 4.70. The zero-order valence-corrected chi connectivity index (χ0v) is 11.5. The van der Waals surface area contributed by atoms with E-state index >= 15 is 0 Å². The topological polar surface area (TPSA) is 69.6 Å². The van der Waals surface area contributed by atoms with E-state index in [1.165, 1.54) is 0 Å². The van der Waals surface area contributed by atoms with E-state index in [1.54, 1.807) is 6.20 Å². The van der Waals surface area contributed by atoms with Crippen LogP contribution in [0.25, 0.3) is 17.1 Å². The lowest BCUT2D eigenvalue weighted by atomic mass is 10.2. The number of hydrogen-bond donors (Lipinski definition) is 1. The minimum Gasteiger partial charge on any atom is -0.383 e. The summed E-state index contributed by atoms with van der Waals surface area (Å²) in [7, 11) is 0. The first kappa shape index (κ1) is 12.1. The second-order valence-electron chi connectivity index (χ2n) is 5.22. The van der Waals surface area contributed by atoms with Crippen LogP contribution in [-0.2, 0) is 12.8 Å². The molecule has 0 spiro atoms. The number of anilines is 1. The molecule has 1 aromatic carbocycles. The summed E-state index contributed by atoms with van der Waals surface area (Å²) < 4.78 is 1.82. The van der Waals surface area contributed by atoms with E-state index in [9.17, 15) is 0 Å². The molecule has 0 aliphatic heterocycles. The molecule has 2 aromatic heterocycles. The average molecular weight is 277 g/mol. The molecule has 5 heteroatoms. The number of aryl methyl sites for hydroxylation is 1. The normalized spacial score (nSPS) is 13.3. The number of nitrogens with zero attached hydrogens (tertiary/aromatic N) is 4. The number of nitrogens with two attached hydrogens (primary N) is 1. The standard InChI is InChI=1S/C16H15N5/c17-15-13-7-4-8-14(13)19-16(20-15)11-9-18-21(10-11)12-5-2-1-3-6-12/h1-3,5-6,9-10H,4,7-8H2,(H2,17,19,20). The second-order valence-corrected chi connectivity index (χ2v) is 5.22. The molecule has 1 aliphatic carbocycles. The first-order valence-electron chi connectivity index (χ1n) is 7.07. The Morgan fingerprint density at radius 3 is 2.76 bits per heavy atom. The highest BCUT2D eigenvalue weighted by Gasteiger charge is 2.18. The summed E-state index contributed by atoms with van der Waals surface area (Å²) in [5.41, 5.74) is 10.2. The van der Waals surface area contributed by atoms with Crippen LogP contribution in [0.1, 0.15) is 17.7 Å². The first-order chi connectivity index (χ1) is 10.3. The van der Waals surface area contributed by atoms with Crippen LogP contribution in [0.3, 0.4) is 0 Å². The molecule has 0 radical (unpaired) electrons. The number of fused-ring (bicyclic) bond motifs is 1. The van der Waals surface area contributed by atoms with Gasteiger partial charge in [-0.15, -0.1) is 0 Å². The van der Waals surface area contributed by atoms with Crippen molar-refractivity contribution in [1.29, 1.82) is 0 Å². The number of nitrogen functional groups attached to an aromatic ring is 1. The van der Waals surface area contributed by atoms with Gasteiger partial charge in [0.15, 0.2) is 5.82 Å². The lowest BCUT2D eigenvalue weighted by Gasteiger charge is -2.04. The summed E-state index contributed by atoms with van der Waals surface area (Å²) in [4.78, 5) is 9.08. The van der Waals surface area contributed by atoms with Gasteiger partial charge >= 0.3 is 0 Å². The first-order valence-corrected chi connectivity index (χ1v) is 7.07. The molecule has 0 saturated carbocycles. The molecule has 104 valence electrons. The summed E-state index contributed by atoms with van der Waals surface area (Å²) in [5.74, 6) is 1.27. The Morgan fingerprint density at radius 1 is 1.05 bits per heavy atom. The van der Waals surface area contributed by atoms with Crippen molar-refractivity contribution in [2.45, 2.75) is 19.3 Å². The third-order valence-electron chi connectivity index (χ3n) is 3.83. The summed E-state index contributed by atoms with van der Waals surface area (Å²) in [6.07, 6.45) is 6.81. The van der Waals surface area contributed by atoms with E-state index in [-0.39, 0.29) is 0 Å². The van der Waals surface area contributed by atoms with Gasteiger partial charge in [-0.1, -0.05) is 18.2 Å². The molecule has 0 saturated heterocycles. The Labute approximate surface area is 122 Å². The van der Waals surface area contributed by atoms with Gasteiger partial charge in [-0.3, -0.25) is 0 Å². The van der Waals surface area contributed by atoms with Crippen LogP contribution in [0.5, 0.6) is 0 Å². The number of rotatable bonds is 2. The van der Waals surface area contributed by atoms with E-state index < -0.39 is 0 Å². The fourth-order valence-electron chi connectivity index (χ4n) is 2.75. The minimum absolute atomic E-state index is 0.611. The molecule has 0 unspecified atom stereocenters. The quantitative estimate of drug-likeness (QED) is 0.781. The Kier molecular flexibility index (Phi) is 2.70. The van der Waals surface area contributed by atoms with Gasteiger partial charge in [0.2, 0.25) is 0 Å². The van der Waals surface area contributed by atoms with Gasteiger partial charge in [-0.05, 0) is 31.4 Å². The Balaban J connectivity index is 1.75. The molecular weight excluding hydrogens is 262 g/mol. The van der Waals surface area contributed by atoms with E-state index in [0.717, 1.165) is 41.8 Å². The van der Waals surface area contributed by atoms with Crippen LogP contribution in [0.2, 0.25) is 0 Å². The minimum atomic E-state index is 0.611. The Morgan fingerprint density at radius 2 is 1.90 bits per heavy atom. The van der Waals surface area contributed by atoms with Crippen molar-refractivity contribution in [3.05, 3.63) is 54.0 Å². The predicted octanol–water partition coefficient (Wildman–Crippen LogP) is 2.40. The van der Waals surface area contributed by atoms with Gasteiger partial charge in [-0.25, -0.2) is 14.6 Å². The molecule has 2 N–H and O–H groups in total. The number of hydrogen-bond acceptors (Lipinski definition) is 4. The van der Waals surface area contributed by atoms with Gasteiger partial charge < -0.3 is 5.73 Å². The summed E-state index contributed by atoms with van der Waals surface area (Å²) >= 11 is 0. The van der Waals surface area contributed by atoms with E-state index in [4.69, 9.17) is 5.73 Å². The highest BCUT2D eigenvalue weighted by atomic mass is 15.3. The van der Waals surface area contributed by atoms with Crippen molar-refractivity contribution >= 4 is 5.82 Å². The molecule has 1 aliphatic rings. The van der Waals surface area contributed by atoms with Crippen molar-refractivity contribution in [1.82, 2.24) is 19.7 Å². The molecule has 0 bridgehead atoms. The van der Waals surface area contributed by atoms with Crippen LogP contribution >= 0.6 is 0 Å². The largest absolute Gasteiger partial charge is 0.383 e. The smallest absolute Gasteiger partial charge is 0.164 e. The van der Waals surface area contributed by atoms with Crippen LogP contribution < -0.4 is 5.73 Å². The molecule has 0 amide bonds. The van der Waals surface area contributed by atoms with Gasteiger partial charge in [0, 0.05) is 17.5 Å². The zero-order valence-electron chi connectivity index (χ0n) is 11.5. The van der Waals surface area contributed by atoms with Crippen molar-refractivity contribution in [2.75, 3.05) is 5.73 Å². The molecule has 5 nitrogen and oxygen atoms in total. The lowest BCUT2D eigenvalue weighted by Crippen LogP contribution is -2.02. The Bertz CT molecular complexity index is 792. The van der Waals surface area contributed by atoms with E-state index in [0.29, 0.717) is 11.6 Å². The fourth-order valence-corrected chi connectivity index (χ4v) is 2.75. The monoisotopic (exact) mass is 277 g/mol. The van der Waals surface area contributed by atoms with Crippen LogP contribution in [-0.4, -0.2) is 19.7 Å². The van der Waals surface area contributed by atoms with Crippen molar-refractivity contribution < 1.29 is 0 Å². The van der Waals surface area contributed by atoms with E-state index in [1.807, 2.05) is 41.2 Å². The van der Waals surface area contributed by atoms with Crippen molar-refractivity contribution in [3.8, 4) is 17.1 Å². The maximum atomic E-state index is 6.05. The number of benzene rings is 1. The van der Waals surface area contributed by atoms with Gasteiger partial charge in [-0.2, -0.15) is 5.10 Å².